The summed E-state index contributed by atoms with van der Waals surface area (Å²) in [6.45, 7) is 2.02. The number of nitrogen functional groups attached to an aromatic ring is 1. The highest BCUT2D eigenvalue weighted by Gasteiger charge is 2.25. The van der Waals surface area contributed by atoms with Crippen LogP contribution >= 0.6 is 0 Å². The lowest BCUT2D eigenvalue weighted by atomic mass is 10.1. The Morgan fingerprint density at radius 1 is 1.32 bits per heavy atom. The molecule has 2 atom stereocenters. The van der Waals surface area contributed by atoms with E-state index in [0.717, 1.165) is 60.0 Å². The molecule has 0 saturated carbocycles. The lowest BCUT2D eigenvalue weighted by Gasteiger charge is -2.23. The second-order valence-corrected chi connectivity index (χ2v) is 9.56. The summed E-state index contributed by atoms with van der Waals surface area (Å²) in [5, 5.41) is 1.03. The summed E-state index contributed by atoms with van der Waals surface area (Å²) >= 11 is 0. The number of imidazole rings is 1. The molecule has 1 amide bonds. The highest BCUT2D eigenvalue weighted by Crippen LogP contribution is 2.29. The normalized spacial score (nSPS) is 18.7. The summed E-state index contributed by atoms with van der Waals surface area (Å²) in [5.74, 6) is 2.67. The van der Waals surface area contributed by atoms with Crippen LogP contribution in [0.3, 0.4) is 0 Å². The first-order valence-corrected chi connectivity index (χ1v) is 12.2. The molecule has 2 N–H and O–H groups in total. The number of aromatic nitrogens is 3. The average molecular weight is 444 g/mol. The van der Waals surface area contributed by atoms with Crippen molar-refractivity contribution in [1.82, 2.24) is 19.4 Å². The number of hydrogen-bond donors (Lipinski definition) is 1. The smallest absolute Gasteiger partial charge is 0.209 e. The summed E-state index contributed by atoms with van der Waals surface area (Å²) in [7, 11) is 0.896. The van der Waals surface area contributed by atoms with E-state index < -0.39 is 10.8 Å². The molecule has 8 nitrogen and oxygen atoms in total. The summed E-state index contributed by atoms with van der Waals surface area (Å²) in [4.78, 5) is 22.7. The van der Waals surface area contributed by atoms with Gasteiger partial charge < -0.3 is 19.9 Å². The van der Waals surface area contributed by atoms with Crippen LogP contribution in [0.2, 0.25) is 0 Å². The molecule has 2 aromatic heterocycles. The van der Waals surface area contributed by atoms with E-state index in [0.29, 0.717) is 36.9 Å². The number of carbonyl (C=O) groups excluding carboxylic acids is 1. The third kappa shape index (κ3) is 4.57. The lowest BCUT2D eigenvalue weighted by molar-refractivity contribution is -0.119. The van der Waals surface area contributed by atoms with Gasteiger partial charge in [-0.3, -0.25) is 9.00 Å². The summed E-state index contributed by atoms with van der Waals surface area (Å²) < 4.78 is 19.2. The minimum absolute atomic E-state index is 0.111. The zero-order chi connectivity index (χ0) is 21.8. The van der Waals surface area contributed by atoms with E-state index in [-0.39, 0.29) is 6.04 Å². The van der Waals surface area contributed by atoms with Gasteiger partial charge in [0.1, 0.15) is 11.3 Å². The molecular weight excluding hydrogens is 414 g/mol. The molecule has 2 unspecified atom stereocenters. The van der Waals surface area contributed by atoms with E-state index in [4.69, 9.17) is 15.5 Å². The highest BCUT2D eigenvalue weighted by atomic mass is 32.2. The number of pyridine rings is 1. The van der Waals surface area contributed by atoms with Crippen LogP contribution in [0.15, 0.2) is 24.3 Å². The molecule has 9 heteroatoms. The lowest BCUT2D eigenvalue weighted by Crippen LogP contribution is -2.35. The van der Waals surface area contributed by atoms with Crippen molar-refractivity contribution in [1.29, 1.82) is 0 Å². The van der Waals surface area contributed by atoms with Gasteiger partial charge in [0.05, 0.1) is 17.6 Å². The zero-order valence-corrected chi connectivity index (χ0v) is 18.6. The van der Waals surface area contributed by atoms with Crippen LogP contribution in [0.5, 0.6) is 0 Å². The highest BCUT2D eigenvalue weighted by molar-refractivity contribution is 7.85. The minimum Gasteiger partial charge on any atom is -0.384 e. The van der Waals surface area contributed by atoms with Gasteiger partial charge in [0.15, 0.2) is 5.82 Å². The molecule has 0 spiro atoms. The van der Waals surface area contributed by atoms with Gasteiger partial charge in [-0.15, -0.1) is 0 Å². The Hall–Kier alpha value is -2.52. The fourth-order valence-electron chi connectivity index (χ4n) is 4.33. The van der Waals surface area contributed by atoms with Gasteiger partial charge in [-0.1, -0.05) is 18.2 Å². The number of benzene rings is 1. The Kier molecular flexibility index (Phi) is 6.82. The van der Waals surface area contributed by atoms with E-state index in [1.165, 1.54) is 0 Å². The predicted octanol–water partition coefficient (Wildman–Crippen LogP) is 2.12. The Balaban J connectivity index is 1.55. The maximum absolute atomic E-state index is 11.7. The fourth-order valence-corrected chi connectivity index (χ4v) is 5.81. The monoisotopic (exact) mass is 443 g/mol. The topological polar surface area (TPSA) is 103 Å². The molecule has 0 bridgehead atoms. The van der Waals surface area contributed by atoms with Crippen molar-refractivity contribution in [2.45, 2.75) is 38.3 Å². The standard InChI is InChI=1S/C22H29N5O3S/c1-30-12-8-19-25-20-21(17-6-2-3-7-18(17)24-22(20)23)27(19)11-5-4-10-26(15-28)16-9-13-31(29)14-16/h2-3,6-7,15-16H,4-5,8-14H2,1H3,(H2,23,24). The second-order valence-electron chi connectivity index (χ2n) is 7.94. The number of unbranched alkanes of at least 4 members (excludes halogenated alkanes) is 1. The number of hydrogen-bond acceptors (Lipinski definition) is 6. The Morgan fingerprint density at radius 2 is 2.16 bits per heavy atom. The molecule has 0 aliphatic carbocycles. The number of anilines is 1. The van der Waals surface area contributed by atoms with Gasteiger partial charge in [0.2, 0.25) is 6.41 Å². The van der Waals surface area contributed by atoms with Gasteiger partial charge in [-0.25, -0.2) is 9.97 Å². The van der Waals surface area contributed by atoms with Crippen molar-refractivity contribution >= 4 is 45.0 Å². The van der Waals surface area contributed by atoms with Crippen LogP contribution in [-0.2, 0) is 33.3 Å². The number of rotatable bonds is 10. The van der Waals surface area contributed by atoms with Crippen LogP contribution in [0.1, 0.15) is 25.1 Å². The number of carbonyl (C=O) groups is 1. The number of ether oxygens (including phenoxy) is 1. The maximum atomic E-state index is 11.7. The third-order valence-corrected chi connectivity index (χ3v) is 7.38. The van der Waals surface area contributed by atoms with Crippen molar-refractivity contribution < 1.29 is 13.7 Å². The average Bonchev–Trinajstić information content (AvgIpc) is 3.36. The van der Waals surface area contributed by atoms with E-state index in [1.807, 2.05) is 23.1 Å². The second kappa shape index (κ2) is 9.74. The minimum atomic E-state index is -0.787. The number of amides is 1. The van der Waals surface area contributed by atoms with E-state index in [2.05, 4.69) is 15.6 Å². The summed E-state index contributed by atoms with van der Waals surface area (Å²) in [6, 6.07) is 8.08. The van der Waals surface area contributed by atoms with Crippen LogP contribution in [0, 0.1) is 0 Å². The molecule has 1 saturated heterocycles. The predicted molar refractivity (Wildman–Crippen MR) is 123 cm³/mol. The van der Waals surface area contributed by atoms with Crippen molar-refractivity contribution in [3.8, 4) is 0 Å². The molecule has 1 aliphatic rings. The van der Waals surface area contributed by atoms with Gasteiger partial charge in [0.25, 0.3) is 0 Å². The molecule has 3 heterocycles. The number of nitrogens with two attached hydrogens (primary N) is 1. The van der Waals surface area contributed by atoms with E-state index in [1.54, 1.807) is 7.11 Å². The molecular formula is C22H29N5O3S. The maximum Gasteiger partial charge on any atom is 0.209 e. The first kappa shape index (κ1) is 21.7. The molecule has 31 heavy (non-hydrogen) atoms. The van der Waals surface area contributed by atoms with Gasteiger partial charge in [-0.2, -0.15) is 0 Å². The van der Waals surface area contributed by atoms with Gasteiger partial charge >= 0.3 is 0 Å². The first-order valence-electron chi connectivity index (χ1n) is 10.7. The molecule has 1 fully saturated rings. The number of aryl methyl sites for hydroxylation is 1. The van der Waals surface area contributed by atoms with Crippen LogP contribution < -0.4 is 5.73 Å². The van der Waals surface area contributed by atoms with Crippen LogP contribution in [-0.4, -0.2) is 67.9 Å². The Morgan fingerprint density at radius 3 is 2.90 bits per heavy atom. The van der Waals surface area contributed by atoms with Gasteiger partial charge in [0, 0.05) is 60.4 Å². The quantitative estimate of drug-likeness (QED) is 0.380. The molecule has 0 radical (unpaired) electrons. The van der Waals surface area contributed by atoms with Gasteiger partial charge in [-0.05, 0) is 25.3 Å². The Labute approximate surface area is 184 Å². The molecule has 4 rings (SSSR count). The van der Waals surface area contributed by atoms with Crippen molar-refractivity contribution in [3.05, 3.63) is 30.1 Å². The first-order chi connectivity index (χ1) is 15.1. The summed E-state index contributed by atoms with van der Waals surface area (Å²) in [5.41, 5.74) is 8.83. The van der Waals surface area contributed by atoms with Crippen molar-refractivity contribution in [2.75, 3.05) is 37.5 Å². The van der Waals surface area contributed by atoms with Crippen LogP contribution in [0.4, 0.5) is 5.82 Å². The fraction of sp³-hybridized carbons (Fsp3) is 0.500. The number of nitrogens with zero attached hydrogens (tertiary/aromatic N) is 4. The Bertz CT molecular complexity index is 1100. The molecule has 1 aliphatic heterocycles. The van der Waals surface area contributed by atoms with E-state index >= 15 is 0 Å². The van der Waals surface area contributed by atoms with Crippen molar-refractivity contribution in [3.63, 3.8) is 0 Å². The number of fused-ring (bicyclic) bond motifs is 3. The molecule has 1 aromatic carbocycles. The van der Waals surface area contributed by atoms with E-state index in [9.17, 15) is 9.00 Å². The molecule has 3 aromatic rings. The zero-order valence-electron chi connectivity index (χ0n) is 17.8. The molecule has 166 valence electrons. The number of methoxy groups -OCH3 is 1. The summed E-state index contributed by atoms with van der Waals surface area (Å²) in [6.07, 6.45) is 4.18. The van der Waals surface area contributed by atoms with Crippen molar-refractivity contribution in [2.24, 2.45) is 0 Å². The largest absolute Gasteiger partial charge is 0.384 e. The van der Waals surface area contributed by atoms with Crippen LogP contribution in [0.25, 0.3) is 21.9 Å². The number of para-hydroxylation sites is 1. The SMILES string of the molecule is COCCc1nc2c(N)nc3ccccc3c2n1CCCCN(C=O)C1CCS(=O)C1. The third-order valence-electron chi connectivity index (χ3n) is 5.93.